The van der Waals surface area contributed by atoms with Crippen molar-refractivity contribution in [2.24, 2.45) is 5.92 Å². The molecule has 1 aromatic carbocycles. The average Bonchev–Trinajstić information content (AvgIpc) is 3.14. The van der Waals surface area contributed by atoms with E-state index >= 15 is 0 Å². The van der Waals surface area contributed by atoms with Crippen LogP contribution in [0.3, 0.4) is 0 Å². The first-order valence-corrected chi connectivity index (χ1v) is 8.94. The van der Waals surface area contributed by atoms with Crippen LogP contribution in [-0.2, 0) is 17.5 Å². The van der Waals surface area contributed by atoms with Crippen molar-refractivity contribution in [1.82, 2.24) is 14.8 Å². The van der Waals surface area contributed by atoms with Gasteiger partial charge in [0.15, 0.2) is 0 Å². The second kappa shape index (κ2) is 7.98. The van der Waals surface area contributed by atoms with Gasteiger partial charge in [-0.2, -0.15) is 18.3 Å². The number of hydrogen-bond donors (Lipinski definition) is 1. The van der Waals surface area contributed by atoms with Gasteiger partial charge in [-0.15, -0.1) is 0 Å². The largest absolute Gasteiger partial charge is 0.418 e. The van der Waals surface area contributed by atoms with Gasteiger partial charge in [-0.25, -0.2) is 4.98 Å². The Balaban J connectivity index is 1.76. The van der Waals surface area contributed by atoms with Crippen LogP contribution in [0.1, 0.15) is 31.7 Å². The molecule has 2 heterocycles. The van der Waals surface area contributed by atoms with E-state index in [-0.39, 0.29) is 17.3 Å². The molecule has 146 valence electrons. The molecule has 1 amide bonds. The normalized spacial score (nSPS) is 16.2. The highest BCUT2D eigenvalue weighted by Gasteiger charge is 2.35. The predicted molar refractivity (Wildman–Crippen MR) is 95.3 cm³/mol. The molecule has 27 heavy (non-hydrogen) atoms. The number of anilines is 2. The molecule has 1 N–H and O–H groups in total. The van der Waals surface area contributed by atoms with Crippen molar-refractivity contribution in [2.45, 2.75) is 38.9 Å². The molecule has 0 spiro atoms. The molecule has 6 nitrogen and oxygen atoms in total. The summed E-state index contributed by atoms with van der Waals surface area (Å²) >= 11 is 0. The van der Waals surface area contributed by atoms with Gasteiger partial charge in [-0.3, -0.25) is 9.48 Å². The molecule has 1 aliphatic heterocycles. The lowest BCUT2D eigenvalue weighted by Crippen LogP contribution is -2.31. The Morgan fingerprint density at radius 2 is 2.00 bits per heavy atom. The minimum atomic E-state index is -4.49. The van der Waals surface area contributed by atoms with Crippen LogP contribution in [0.25, 0.3) is 0 Å². The Hall–Kier alpha value is -2.58. The minimum Gasteiger partial charge on any atom is -0.371 e. The SMILES string of the molecule is C[C@H](Cn1cncn1)C(=O)Nc1ccc(N2CCCCC2)c(C(F)(F)F)c1. The number of halogens is 3. The van der Waals surface area contributed by atoms with Crippen LogP contribution in [0.15, 0.2) is 30.9 Å². The number of aromatic nitrogens is 3. The third-order valence-corrected chi connectivity index (χ3v) is 4.64. The van der Waals surface area contributed by atoms with E-state index in [1.807, 2.05) is 0 Å². The van der Waals surface area contributed by atoms with Gasteiger partial charge in [0.1, 0.15) is 12.7 Å². The molecule has 1 saturated heterocycles. The smallest absolute Gasteiger partial charge is 0.371 e. The number of nitrogens with zero attached hydrogens (tertiary/aromatic N) is 4. The standard InChI is InChI=1S/C18H22F3N5O/c1-13(10-26-12-22-11-23-26)17(27)24-14-5-6-16(15(9-14)18(19,20)21)25-7-3-2-4-8-25/h5-6,9,11-13H,2-4,7-8,10H2,1H3,(H,24,27)/t13-/m1/s1. The van der Waals surface area contributed by atoms with Crippen molar-refractivity contribution in [3.05, 3.63) is 36.4 Å². The van der Waals surface area contributed by atoms with Crippen LogP contribution < -0.4 is 10.2 Å². The monoisotopic (exact) mass is 381 g/mol. The van der Waals surface area contributed by atoms with Gasteiger partial charge in [-0.1, -0.05) is 6.92 Å². The molecule has 1 aromatic heterocycles. The van der Waals surface area contributed by atoms with Crippen molar-refractivity contribution in [2.75, 3.05) is 23.3 Å². The van der Waals surface area contributed by atoms with Crippen LogP contribution in [0.4, 0.5) is 24.5 Å². The molecular formula is C18H22F3N5O. The highest BCUT2D eigenvalue weighted by molar-refractivity contribution is 5.92. The Labute approximate surface area is 155 Å². The molecular weight excluding hydrogens is 359 g/mol. The lowest BCUT2D eigenvalue weighted by molar-refractivity contribution is -0.137. The molecule has 2 aromatic rings. The molecule has 3 rings (SSSR count). The summed E-state index contributed by atoms with van der Waals surface area (Å²) in [5, 5.41) is 6.50. The number of amides is 1. The number of rotatable bonds is 5. The Morgan fingerprint density at radius 3 is 2.63 bits per heavy atom. The second-order valence-electron chi connectivity index (χ2n) is 6.79. The first kappa shape index (κ1) is 19.2. The predicted octanol–water partition coefficient (Wildman–Crippen LogP) is 3.56. The quantitative estimate of drug-likeness (QED) is 0.860. The van der Waals surface area contributed by atoms with Crippen molar-refractivity contribution in [3.63, 3.8) is 0 Å². The maximum Gasteiger partial charge on any atom is 0.418 e. The van der Waals surface area contributed by atoms with Crippen LogP contribution in [0.2, 0.25) is 0 Å². The van der Waals surface area contributed by atoms with Gasteiger partial charge in [0, 0.05) is 24.5 Å². The topological polar surface area (TPSA) is 63.1 Å². The molecule has 9 heteroatoms. The molecule has 1 fully saturated rings. The Morgan fingerprint density at radius 1 is 1.26 bits per heavy atom. The third kappa shape index (κ3) is 4.78. The minimum absolute atomic E-state index is 0.138. The van der Waals surface area contributed by atoms with E-state index in [0.29, 0.717) is 19.6 Å². The second-order valence-corrected chi connectivity index (χ2v) is 6.79. The van der Waals surface area contributed by atoms with Crippen molar-refractivity contribution in [3.8, 4) is 0 Å². The molecule has 1 aliphatic rings. The Kier molecular flexibility index (Phi) is 5.67. The number of carbonyl (C=O) groups is 1. The zero-order chi connectivity index (χ0) is 19.4. The molecule has 1 atom stereocenters. The molecule has 0 unspecified atom stereocenters. The molecule has 0 aliphatic carbocycles. The summed E-state index contributed by atoms with van der Waals surface area (Å²) in [6.07, 6.45) is 1.17. The summed E-state index contributed by atoms with van der Waals surface area (Å²) in [4.78, 5) is 17.9. The highest BCUT2D eigenvalue weighted by Crippen LogP contribution is 2.39. The Bertz CT molecular complexity index is 770. The molecule has 0 bridgehead atoms. The maximum absolute atomic E-state index is 13.6. The fraction of sp³-hybridized carbons (Fsp3) is 0.500. The van der Waals surface area contributed by atoms with Gasteiger partial charge >= 0.3 is 6.18 Å². The fourth-order valence-corrected chi connectivity index (χ4v) is 3.21. The number of carbonyl (C=O) groups excluding carboxylic acids is 1. The summed E-state index contributed by atoms with van der Waals surface area (Å²) in [6, 6.07) is 4.00. The van der Waals surface area contributed by atoms with Gasteiger partial charge in [-0.05, 0) is 37.5 Å². The van der Waals surface area contributed by atoms with Gasteiger partial charge in [0.25, 0.3) is 0 Å². The summed E-state index contributed by atoms with van der Waals surface area (Å²) in [6.45, 7) is 3.21. The lowest BCUT2D eigenvalue weighted by Gasteiger charge is -2.31. The number of hydrogen-bond acceptors (Lipinski definition) is 4. The summed E-state index contributed by atoms with van der Waals surface area (Å²) < 4.78 is 42.2. The van der Waals surface area contributed by atoms with E-state index < -0.39 is 17.7 Å². The molecule has 0 radical (unpaired) electrons. The highest BCUT2D eigenvalue weighted by atomic mass is 19.4. The van der Waals surface area contributed by atoms with Crippen LogP contribution in [-0.4, -0.2) is 33.8 Å². The third-order valence-electron chi connectivity index (χ3n) is 4.64. The zero-order valence-corrected chi connectivity index (χ0v) is 15.0. The maximum atomic E-state index is 13.6. The number of alkyl halides is 3. The number of nitrogens with one attached hydrogen (secondary N) is 1. The van der Waals surface area contributed by atoms with Gasteiger partial charge < -0.3 is 10.2 Å². The van der Waals surface area contributed by atoms with E-state index in [2.05, 4.69) is 15.4 Å². The summed E-state index contributed by atoms with van der Waals surface area (Å²) in [5.41, 5.74) is -0.402. The average molecular weight is 381 g/mol. The van der Waals surface area contributed by atoms with Crippen LogP contribution in [0.5, 0.6) is 0 Å². The van der Waals surface area contributed by atoms with Gasteiger partial charge in [0.05, 0.1) is 18.0 Å². The fourth-order valence-electron chi connectivity index (χ4n) is 3.21. The van der Waals surface area contributed by atoms with E-state index in [0.717, 1.165) is 25.3 Å². The van der Waals surface area contributed by atoms with E-state index in [1.54, 1.807) is 11.8 Å². The number of benzene rings is 1. The lowest BCUT2D eigenvalue weighted by atomic mass is 10.1. The van der Waals surface area contributed by atoms with Crippen molar-refractivity contribution < 1.29 is 18.0 Å². The molecule has 0 saturated carbocycles. The summed E-state index contributed by atoms with van der Waals surface area (Å²) in [5.74, 6) is -0.841. The van der Waals surface area contributed by atoms with Crippen molar-refractivity contribution >= 4 is 17.3 Å². The van der Waals surface area contributed by atoms with E-state index in [9.17, 15) is 18.0 Å². The summed E-state index contributed by atoms with van der Waals surface area (Å²) in [7, 11) is 0. The van der Waals surface area contributed by atoms with Crippen LogP contribution >= 0.6 is 0 Å². The number of piperidine rings is 1. The van der Waals surface area contributed by atoms with Crippen molar-refractivity contribution in [1.29, 1.82) is 0 Å². The van der Waals surface area contributed by atoms with Crippen LogP contribution in [0, 0.1) is 5.92 Å². The van der Waals surface area contributed by atoms with E-state index in [1.165, 1.54) is 29.5 Å². The first-order chi connectivity index (χ1) is 12.8. The van der Waals surface area contributed by atoms with Gasteiger partial charge in [0.2, 0.25) is 5.91 Å². The van der Waals surface area contributed by atoms with E-state index in [4.69, 9.17) is 0 Å². The first-order valence-electron chi connectivity index (χ1n) is 8.94. The zero-order valence-electron chi connectivity index (χ0n) is 15.0.